The van der Waals surface area contributed by atoms with Crippen molar-refractivity contribution >= 4 is 12.3 Å². The highest BCUT2D eigenvalue weighted by atomic mass is 16.5. The van der Waals surface area contributed by atoms with Crippen LogP contribution >= 0.6 is 0 Å². The summed E-state index contributed by atoms with van der Waals surface area (Å²) in [5.74, 6) is -0.401. The number of nitrogens with zero attached hydrogens (tertiary/aromatic N) is 1. The van der Waals surface area contributed by atoms with Crippen LogP contribution in [0.3, 0.4) is 0 Å². The van der Waals surface area contributed by atoms with Gasteiger partial charge in [0.2, 0.25) is 0 Å². The molecule has 0 fully saturated rings. The maximum Gasteiger partial charge on any atom is 0.339 e. The minimum atomic E-state index is -0.401. The van der Waals surface area contributed by atoms with E-state index < -0.39 is 5.97 Å². The first-order valence-corrected chi connectivity index (χ1v) is 5.07. The average Bonchev–Trinajstić information content (AvgIpc) is 2.86. The van der Waals surface area contributed by atoms with Crippen molar-refractivity contribution in [2.75, 3.05) is 7.11 Å². The summed E-state index contributed by atoms with van der Waals surface area (Å²) in [6, 6.07) is 8.74. The summed E-state index contributed by atoms with van der Waals surface area (Å²) in [6.45, 7) is 0. The van der Waals surface area contributed by atoms with Crippen molar-refractivity contribution < 1.29 is 14.3 Å². The van der Waals surface area contributed by atoms with Gasteiger partial charge in [0.05, 0.1) is 18.4 Å². The number of benzene rings is 1. The Bertz CT molecular complexity index is 557. The first kappa shape index (κ1) is 11.1. The normalized spacial score (nSPS) is 9.94. The summed E-state index contributed by atoms with van der Waals surface area (Å²) in [6.07, 6.45) is 4.15. The molecule has 1 aromatic heterocycles. The largest absolute Gasteiger partial charge is 0.465 e. The van der Waals surface area contributed by atoms with Gasteiger partial charge in [0.15, 0.2) is 6.29 Å². The van der Waals surface area contributed by atoms with Crippen LogP contribution in [-0.2, 0) is 4.74 Å². The molecular weight excluding hydrogens is 218 g/mol. The van der Waals surface area contributed by atoms with Gasteiger partial charge in [-0.1, -0.05) is 12.1 Å². The quantitative estimate of drug-likeness (QED) is 0.598. The van der Waals surface area contributed by atoms with E-state index in [4.69, 9.17) is 4.74 Å². The predicted molar refractivity (Wildman–Crippen MR) is 62.5 cm³/mol. The number of hydrogen-bond acceptors (Lipinski definition) is 3. The van der Waals surface area contributed by atoms with Crippen LogP contribution in [0, 0.1) is 0 Å². The molecule has 0 amide bonds. The molecule has 0 spiro atoms. The molecule has 0 radical (unpaired) electrons. The predicted octanol–water partition coefficient (Wildman–Crippen LogP) is 2.08. The van der Waals surface area contributed by atoms with Crippen molar-refractivity contribution in [2.45, 2.75) is 0 Å². The Morgan fingerprint density at radius 2 is 2.06 bits per heavy atom. The Morgan fingerprint density at radius 3 is 2.71 bits per heavy atom. The second kappa shape index (κ2) is 4.65. The molecule has 2 rings (SSSR count). The van der Waals surface area contributed by atoms with Crippen LogP contribution in [0.15, 0.2) is 42.7 Å². The molecule has 2 aromatic rings. The monoisotopic (exact) mass is 229 g/mol. The standard InChI is InChI=1S/C13H11NO3/c1-17-13(16)11-4-2-3-5-12(11)14-7-6-10(8-14)9-15/h2-9H,1H3. The number of para-hydroxylation sites is 1. The van der Waals surface area contributed by atoms with Crippen molar-refractivity contribution in [1.82, 2.24) is 4.57 Å². The van der Waals surface area contributed by atoms with Gasteiger partial charge in [-0.3, -0.25) is 4.79 Å². The van der Waals surface area contributed by atoms with Gasteiger partial charge >= 0.3 is 5.97 Å². The van der Waals surface area contributed by atoms with E-state index in [1.54, 1.807) is 41.2 Å². The van der Waals surface area contributed by atoms with E-state index in [0.717, 1.165) is 6.29 Å². The lowest BCUT2D eigenvalue weighted by Crippen LogP contribution is -2.06. The van der Waals surface area contributed by atoms with Gasteiger partial charge in [0, 0.05) is 18.0 Å². The summed E-state index contributed by atoms with van der Waals surface area (Å²) in [5, 5.41) is 0. The smallest absolute Gasteiger partial charge is 0.339 e. The van der Waals surface area contributed by atoms with E-state index in [0.29, 0.717) is 16.8 Å². The zero-order chi connectivity index (χ0) is 12.3. The van der Waals surface area contributed by atoms with Gasteiger partial charge in [-0.15, -0.1) is 0 Å². The van der Waals surface area contributed by atoms with Gasteiger partial charge in [-0.2, -0.15) is 0 Å². The van der Waals surface area contributed by atoms with Crippen molar-refractivity contribution in [3.05, 3.63) is 53.9 Å². The minimum absolute atomic E-state index is 0.401. The summed E-state index contributed by atoms with van der Waals surface area (Å²) in [4.78, 5) is 22.2. The maximum atomic E-state index is 11.6. The van der Waals surface area contributed by atoms with Crippen LogP contribution in [0.4, 0.5) is 0 Å². The molecule has 0 aliphatic rings. The SMILES string of the molecule is COC(=O)c1ccccc1-n1ccc(C=O)c1. The molecule has 0 saturated carbocycles. The number of methoxy groups -OCH3 is 1. The lowest BCUT2D eigenvalue weighted by atomic mass is 10.2. The van der Waals surface area contributed by atoms with Crippen molar-refractivity contribution in [3.8, 4) is 5.69 Å². The number of rotatable bonds is 3. The molecule has 0 saturated heterocycles. The summed E-state index contributed by atoms with van der Waals surface area (Å²) < 4.78 is 6.43. The lowest BCUT2D eigenvalue weighted by molar-refractivity contribution is 0.0600. The van der Waals surface area contributed by atoms with Gasteiger partial charge in [-0.05, 0) is 18.2 Å². The summed E-state index contributed by atoms with van der Waals surface area (Å²) >= 11 is 0. The number of hydrogen-bond donors (Lipinski definition) is 0. The fourth-order valence-corrected chi connectivity index (χ4v) is 1.61. The Morgan fingerprint density at radius 1 is 1.29 bits per heavy atom. The van der Waals surface area contributed by atoms with Crippen LogP contribution in [0.5, 0.6) is 0 Å². The van der Waals surface area contributed by atoms with Gasteiger partial charge in [0.1, 0.15) is 0 Å². The average molecular weight is 229 g/mol. The molecule has 86 valence electrons. The van der Waals surface area contributed by atoms with E-state index in [2.05, 4.69) is 0 Å². The third kappa shape index (κ3) is 2.10. The van der Waals surface area contributed by atoms with Crippen LogP contribution < -0.4 is 0 Å². The molecule has 1 aromatic carbocycles. The fourth-order valence-electron chi connectivity index (χ4n) is 1.61. The van der Waals surface area contributed by atoms with Gasteiger partial charge in [-0.25, -0.2) is 4.79 Å². The molecule has 17 heavy (non-hydrogen) atoms. The van der Waals surface area contributed by atoms with E-state index in [9.17, 15) is 9.59 Å². The second-order valence-corrected chi connectivity index (χ2v) is 3.48. The number of aldehydes is 1. The highest BCUT2D eigenvalue weighted by Gasteiger charge is 2.12. The number of ether oxygens (including phenoxy) is 1. The minimum Gasteiger partial charge on any atom is -0.465 e. The molecule has 1 heterocycles. The first-order valence-electron chi connectivity index (χ1n) is 5.07. The van der Waals surface area contributed by atoms with Gasteiger partial charge < -0.3 is 9.30 Å². The van der Waals surface area contributed by atoms with Crippen LogP contribution in [0.25, 0.3) is 5.69 Å². The lowest BCUT2D eigenvalue weighted by Gasteiger charge is -2.08. The molecule has 0 bridgehead atoms. The van der Waals surface area contributed by atoms with Crippen molar-refractivity contribution in [1.29, 1.82) is 0 Å². The highest BCUT2D eigenvalue weighted by Crippen LogP contribution is 2.16. The summed E-state index contributed by atoms with van der Waals surface area (Å²) in [5.41, 5.74) is 1.71. The Labute approximate surface area is 98.4 Å². The number of carbonyl (C=O) groups is 2. The number of esters is 1. The van der Waals surface area contributed by atoms with Crippen LogP contribution in [0.1, 0.15) is 20.7 Å². The van der Waals surface area contributed by atoms with Crippen LogP contribution in [0.2, 0.25) is 0 Å². The second-order valence-electron chi connectivity index (χ2n) is 3.48. The Hall–Kier alpha value is -2.36. The molecule has 0 N–H and O–H groups in total. The van der Waals surface area contributed by atoms with Gasteiger partial charge in [0.25, 0.3) is 0 Å². The molecule has 4 heteroatoms. The number of aromatic nitrogens is 1. The number of carbonyl (C=O) groups excluding carboxylic acids is 2. The van der Waals surface area contributed by atoms with Crippen molar-refractivity contribution in [2.24, 2.45) is 0 Å². The topological polar surface area (TPSA) is 48.3 Å². The Kier molecular flexibility index (Phi) is 3.05. The van der Waals surface area contributed by atoms with E-state index in [-0.39, 0.29) is 0 Å². The van der Waals surface area contributed by atoms with E-state index in [1.807, 2.05) is 6.07 Å². The van der Waals surface area contributed by atoms with Crippen molar-refractivity contribution in [3.63, 3.8) is 0 Å². The zero-order valence-corrected chi connectivity index (χ0v) is 9.29. The molecule has 4 nitrogen and oxygen atoms in total. The zero-order valence-electron chi connectivity index (χ0n) is 9.29. The first-order chi connectivity index (χ1) is 8.26. The highest BCUT2D eigenvalue weighted by molar-refractivity contribution is 5.93. The maximum absolute atomic E-state index is 11.6. The van der Waals surface area contributed by atoms with E-state index in [1.165, 1.54) is 7.11 Å². The molecule has 0 aliphatic carbocycles. The molecule has 0 aliphatic heterocycles. The fraction of sp³-hybridized carbons (Fsp3) is 0.0769. The Balaban J connectivity index is 2.51. The molecule has 0 unspecified atom stereocenters. The molecule has 0 atom stereocenters. The molecular formula is C13H11NO3. The van der Waals surface area contributed by atoms with Crippen LogP contribution in [-0.4, -0.2) is 23.9 Å². The third-order valence-corrected chi connectivity index (χ3v) is 2.44. The van der Waals surface area contributed by atoms with E-state index >= 15 is 0 Å². The third-order valence-electron chi connectivity index (χ3n) is 2.44. The summed E-state index contributed by atoms with van der Waals surface area (Å²) in [7, 11) is 1.34.